The Labute approximate surface area is 122 Å². The number of carboxylic acid groups (broad SMARTS) is 1. The van der Waals surface area contributed by atoms with E-state index in [0.717, 1.165) is 8.66 Å². The molecule has 0 aliphatic heterocycles. The van der Waals surface area contributed by atoms with Crippen LogP contribution >= 0.6 is 27.3 Å². The van der Waals surface area contributed by atoms with E-state index in [2.05, 4.69) is 22.0 Å². The van der Waals surface area contributed by atoms with Gasteiger partial charge in [0.05, 0.1) is 21.0 Å². The Kier molecular flexibility index (Phi) is 4.15. The zero-order valence-corrected chi connectivity index (χ0v) is 12.0. The second kappa shape index (κ2) is 5.83. The van der Waals surface area contributed by atoms with Gasteiger partial charge in [0.1, 0.15) is 0 Å². The van der Waals surface area contributed by atoms with Crippen molar-refractivity contribution in [3.05, 3.63) is 56.2 Å². The van der Waals surface area contributed by atoms with Gasteiger partial charge in [-0.05, 0) is 51.8 Å². The molecular weight excluding hydrogens is 326 g/mol. The average Bonchev–Trinajstić information content (AvgIpc) is 2.81. The van der Waals surface area contributed by atoms with Gasteiger partial charge in [-0.2, -0.15) is 5.26 Å². The molecule has 0 aliphatic rings. The van der Waals surface area contributed by atoms with Crippen molar-refractivity contribution in [2.75, 3.05) is 0 Å². The first-order valence-electron chi connectivity index (χ1n) is 5.31. The molecule has 19 heavy (non-hydrogen) atoms. The van der Waals surface area contributed by atoms with Gasteiger partial charge >= 0.3 is 5.97 Å². The largest absolute Gasteiger partial charge is 0.478 e. The van der Waals surface area contributed by atoms with Crippen LogP contribution in [0.4, 0.5) is 0 Å². The van der Waals surface area contributed by atoms with E-state index in [0.29, 0.717) is 11.1 Å². The topological polar surface area (TPSA) is 61.1 Å². The lowest BCUT2D eigenvalue weighted by Gasteiger charge is -1.99. The van der Waals surface area contributed by atoms with E-state index in [1.165, 1.54) is 23.5 Å². The third kappa shape index (κ3) is 3.31. The van der Waals surface area contributed by atoms with E-state index in [4.69, 9.17) is 5.11 Å². The Hall–Kier alpha value is -1.90. The molecule has 1 aromatic heterocycles. The van der Waals surface area contributed by atoms with Crippen LogP contribution < -0.4 is 0 Å². The molecule has 0 saturated heterocycles. The Morgan fingerprint density at radius 2 is 1.84 bits per heavy atom. The molecule has 94 valence electrons. The molecule has 0 fully saturated rings. The van der Waals surface area contributed by atoms with Crippen molar-refractivity contribution in [1.29, 1.82) is 5.26 Å². The maximum atomic E-state index is 10.8. The third-order valence-corrected chi connectivity index (χ3v) is 4.01. The Morgan fingerprint density at radius 1 is 1.21 bits per heavy atom. The highest BCUT2D eigenvalue weighted by molar-refractivity contribution is 9.11. The van der Waals surface area contributed by atoms with Crippen LogP contribution in [0, 0.1) is 11.3 Å². The minimum absolute atomic E-state index is 0.208. The summed E-state index contributed by atoms with van der Waals surface area (Å²) in [6.07, 6.45) is 1.78. The fourth-order valence-electron chi connectivity index (χ4n) is 1.52. The first kappa shape index (κ1) is 13.5. The number of halogens is 1. The number of allylic oxidation sites excluding steroid dienone is 1. The van der Waals surface area contributed by atoms with E-state index >= 15 is 0 Å². The summed E-state index contributed by atoms with van der Waals surface area (Å²) in [5.41, 5.74) is 1.42. The fraction of sp³-hybridized carbons (Fsp3) is 0. The number of hydrogen-bond acceptors (Lipinski definition) is 3. The molecule has 0 saturated carbocycles. The molecule has 2 rings (SSSR count). The quantitative estimate of drug-likeness (QED) is 0.853. The lowest BCUT2D eigenvalue weighted by molar-refractivity contribution is 0.0697. The number of carbonyl (C=O) groups is 1. The second-order valence-electron chi connectivity index (χ2n) is 3.69. The van der Waals surface area contributed by atoms with Gasteiger partial charge in [0.25, 0.3) is 0 Å². The van der Waals surface area contributed by atoms with Gasteiger partial charge in [-0.1, -0.05) is 12.1 Å². The van der Waals surface area contributed by atoms with Gasteiger partial charge in [-0.15, -0.1) is 11.3 Å². The van der Waals surface area contributed by atoms with Gasteiger partial charge in [0.15, 0.2) is 0 Å². The molecule has 0 spiro atoms. The Balaban J connectivity index is 2.35. The number of nitriles is 1. The summed E-state index contributed by atoms with van der Waals surface area (Å²) in [6, 6.07) is 12.2. The lowest BCUT2D eigenvalue weighted by Crippen LogP contribution is -1.95. The first-order valence-corrected chi connectivity index (χ1v) is 6.92. The summed E-state index contributed by atoms with van der Waals surface area (Å²) < 4.78 is 0.997. The predicted molar refractivity (Wildman–Crippen MR) is 78.9 cm³/mol. The van der Waals surface area contributed by atoms with Crippen LogP contribution in [0.2, 0.25) is 0 Å². The summed E-state index contributed by atoms with van der Waals surface area (Å²) in [7, 11) is 0. The van der Waals surface area contributed by atoms with Crippen LogP contribution in [0.25, 0.3) is 11.6 Å². The summed E-state index contributed by atoms with van der Waals surface area (Å²) in [6.45, 7) is 0. The van der Waals surface area contributed by atoms with E-state index < -0.39 is 5.97 Å². The number of benzene rings is 1. The normalized spacial score (nSPS) is 11.1. The maximum Gasteiger partial charge on any atom is 0.335 e. The van der Waals surface area contributed by atoms with E-state index in [9.17, 15) is 10.1 Å². The molecule has 1 N–H and O–H groups in total. The number of nitrogens with zero attached hydrogens (tertiary/aromatic N) is 1. The van der Waals surface area contributed by atoms with Gasteiger partial charge in [-0.3, -0.25) is 0 Å². The van der Waals surface area contributed by atoms with Crippen molar-refractivity contribution in [1.82, 2.24) is 0 Å². The second-order valence-corrected chi connectivity index (χ2v) is 6.19. The Morgan fingerprint density at radius 3 is 2.32 bits per heavy atom. The van der Waals surface area contributed by atoms with Gasteiger partial charge in [-0.25, -0.2) is 4.79 Å². The van der Waals surface area contributed by atoms with Crippen LogP contribution in [-0.2, 0) is 0 Å². The minimum atomic E-state index is -0.976. The van der Waals surface area contributed by atoms with Crippen molar-refractivity contribution in [3.8, 4) is 6.07 Å². The standard InChI is InChI=1S/C14H8BrNO2S/c15-13-6-5-12(19-13)7-11(8-16)9-1-3-10(4-2-9)14(17)18/h1-7H,(H,17,18)/b11-7-. The van der Waals surface area contributed by atoms with E-state index in [1.54, 1.807) is 18.2 Å². The maximum absolute atomic E-state index is 10.8. The van der Waals surface area contributed by atoms with E-state index in [1.807, 2.05) is 12.1 Å². The SMILES string of the molecule is N#C/C(=C/c1ccc(Br)s1)c1ccc(C(=O)O)cc1. The minimum Gasteiger partial charge on any atom is -0.478 e. The van der Waals surface area contributed by atoms with Crippen molar-refractivity contribution >= 4 is 44.9 Å². The van der Waals surface area contributed by atoms with Crippen LogP contribution in [-0.4, -0.2) is 11.1 Å². The van der Waals surface area contributed by atoms with Crippen LogP contribution in [0.5, 0.6) is 0 Å². The highest BCUT2D eigenvalue weighted by Crippen LogP contribution is 2.26. The third-order valence-electron chi connectivity index (χ3n) is 2.44. The summed E-state index contributed by atoms with van der Waals surface area (Å²) in [4.78, 5) is 11.7. The molecule has 2 aromatic rings. The molecule has 0 aliphatic carbocycles. The van der Waals surface area contributed by atoms with Crippen molar-refractivity contribution in [2.45, 2.75) is 0 Å². The summed E-state index contributed by atoms with van der Waals surface area (Å²) >= 11 is 4.90. The lowest BCUT2D eigenvalue weighted by atomic mass is 10.0. The number of rotatable bonds is 3. The van der Waals surface area contributed by atoms with Gasteiger partial charge in [0, 0.05) is 4.88 Å². The number of hydrogen-bond donors (Lipinski definition) is 1. The number of aromatic carboxylic acids is 1. The molecule has 0 radical (unpaired) electrons. The van der Waals surface area contributed by atoms with Crippen LogP contribution in [0.3, 0.4) is 0 Å². The zero-order valence-electron chi connectivity index (χ0n) is 9.63. The monoisotopic (exact) mass is 333 g/mol. The molecule has 0 amide bonds. The smallest absolute Gasteiger partial charge is 0.335 e. The molecule has 0 unspecified atom stereocenters. The Bertz CT molecular complexity index is 680. The van der Waals surface area contributed by atoms with Crippen molar-refractivity contribution in [3.63, 3.8) is 0 Å². The number of thiophene rings is 1. The highest BCUT2D eigenvalue weighted by Gasteiger charge is 2.05. The molecule has 1 aromatic carbocycles. The zero-order chi connectivity index (χ0) is 13.8. The van der Waals surface area contributed by atoms with E-state index in [-0.39, 0.29) is 5.56 Å². The van der Waals surface area contributed by atoms with Crippen LogP contribution in [0.1, 0.15) is 20.8 Å². The van der Waals surface area contributed by atoms with Gasteiger partial charge < -0.3 is 5.11 Å². The van der Waals surface area contributed by atoms with Crippen molar-refractivity contribution < 1.29 is 9.90 Å². The van der Waals surface area contributed by atoms with Crippen LogP contribution in [0.15, 0.2) is 40.2 Å². The first-order chi connectivity index (χ1) is 9.10. The van der Waals surface area contributed by atoms with Crippen molar-refractivity contribution in [2.24, 2.45) is 0 Å². The molecule has 5 heteroatoms. The molecular formula is C14H8BrNO2S. The fourth-order valence-corrected chi connectivity index (χ4v) is 2.89. The molecule has 1 heterocycles. The highest BCUT2D eigenvalue weighted by atomic mass is 79.9. The number of carboxylic acids is 1. The van der Waals surface area contributed by atoms with Gasteiger partial charge in [0.2, 0.25) is 0 Å². The summed E-state index contributed by atoms with van der Waals surface area (Å²) in [5.74, 6) is -0.976. The predicted octanol–water partition coefficient (Wildman–Crippen LogP) is 4.27. The molecule has 3 nitrogen and oxygen atoms in total. The average molecular weight is 334 g/mol. The molecule has 0 atom stereocenters. The molecule has 0 bridgehead atoms. The summed E-state index contributed by atoms with van der Waals surface area (Å²) in [5, 5.41) is 18.0.